The van der Waals surface area contributed by atoms with Gasteiger partial charge in [0.05, 0.1) is 5.69 Å². The summed E-state index contributed by atoms with van der Waals surface area (Å²) in [7, 11) is 0. The van der Waals surface area contributed by atoms with E-state index in [0.29, 0.717) is 11.4 Å². The van der Waals surface area contributed by atoms with Crippen molar-refractivity contribution in [2.45, 2.75) is 13.8 Å². The predicted molar refractivity (Wildman–Crippen MR) is 73.3 cm³/mol. The second kappa shape index (κ2) is 3.88. The second-order valence-corrected chi connectivity index (χ2v) is 4.54. The number of benzene rings is 1. The summed E-state index contributed by atoms with van der Waals surface area (Å²) in [5.41, 5.74) is 10.5. The van der Waals surface area contributed by atoms with E-state index in [-0.39, 0.29) is 0 Å². The minimum absolute atomic E-state index is 0.674. The fraction of sp³-hybridized carbons (Fsp3) is 0.133. The summed E-state index contributed by atoms with van der Waals surface area (Å²) in [5, 5.41) is 1.08. The normalized spacial score (nSPS) is 11.0. The van der Waals surface area contributed by atoms with Crippen LogP contribution in [0.15, 0.2) is 40.9 Å². The SMILES string of the molecule is Cc1ccc2oc(-c3nccc(C)c3N)cc2c1. The Kier molecular flexibility index (Phi) is 2.33. The van der Waals surface area contributed by atoms with Crippen molar-refractivity contribution < 1.29 is 4.42 Å². The van der Waals surface area contributed by atoms with E-state index < -0.39 is 0 Å². The molecule has 2 heterocycles. The van der Waals surface area contributed by atoms with Gasteiger partial charge in [-0.15, -0.1) is 0 Å². The highest BCUT2D eigenvalue weighted by Crippen LogP contribution is 2.31. The highest BCUT2D eigenvalue weighted by molar-refractivity contribution is 5.85. The van der Waals surface area contributed by atoms with Crippen LogP contribution in [0, 0.1) is 13.8 Å². The fourth-order valence-corrected chi connectivity index (χ4v) is 2.05. The zero-order chi connectivity index (χ0) is 12.7. The Morgan fingerprint density at radius 2 is 1.94 bits per heavy atom. The number of furan rings is 1. The van der Waals surface area contributed by atoms with Crippen molar-refractivity contribution in [3.05, 3.63) is 47.7 Å². The van der Waals surface area contributed by atoms with E-state index in [1.165, 1.54) is 5.56 Å². The minimum Gasteiger partial charge on any atom is -0.454 e. The first-order chi connectivity index (χ1) is 8.65. The molecule has 2 N–H and O–H groups in total. The molecule has 18 heavy (non-hydrogen) atoms. The Bertz CT molecular complexity index is 728. The van der Waals surface area contributed by atoms with Gasteiger partial charge in [0.2, 0.25) is 0 Å². The quantitative estimate of drug-likeness (QED) is 0.703. The van der Waals surface area contributed by atoms with E-state index in [4.69, 9.17) is 10.2 Å². The van der Waals surface area contributed by atoms with Gasteiger partial charge in [0, 0.05) is 11.6 Å². The zero-order valence-corrected chi connectivity index (χ0v) is 10.4. The maximum Gasteiger partial charge on any atom is 0.155 e. The Morgan fingerprint density at radius 3 is 2.78 bits per heavy atom. The van der Waals surface area contributed by atoms with Gasteiger partial charge in [-0.2, -0.15) is 0 Å². The van der Waals surface area contributed by atoms with Crippen LogP contribution in [0.3, 0.4) is 0 Å². The standard InChI is InChI=1S/C15H14N2O/c1-9-3-4-12-11(7-9)8-13(18-12)15-14(16)10(2)5-6-17-15/h3-8H,16H2,1-2H3. The Morgan fingerprint density at radius 1 is 1.11 bits per heavy atom. The van der Waals surface area contributed by atoms with E-state index in [1.54, 1.807) is 6.20 Å². The molecule has 0 saturated carbocycles. The second-order valence-electron chi connectivity index (χ2n) is 4.54. The number of pyridine rings is 1. The molecule has 0 atom stereocenters. The van der Waals surface area contributed by atoms with Crippen LogP contribution in [0.2, 0.25) is 0 Å². The summed E-state index contributed by atoms with van der Waals surface area (Å²) in [6.07, 6.45) is 1.75. The van der Waals surface area contributed by atoms with Gasteiger partial charge in [-0.1, -0.05) is 11.6 Å². The molecule has 3 heteroatoms. The van der Waals surface area contributed by atoms with Crippen molar-refractivity contribution in [3.8, 4) is 11.5 Å². The number of fused-ring (bicyclic) bond motifs is 1. The van der Waals surface area contributed by atoms with Gasteiger partial charge in [-0.3, -0.25) is 4.98 Å². The molecule has 0 aliphatic heterocycles. The smallest absolute Gasteiger partial charge is 0.155 e. The average Bonchev–Trinajstić information content (AvgIpc) is 2.75. The number of hydrogen-bond acceptors (Lipinski definition) is 3. The number of hydrogen-bond donors (Lipinski definition) is 1. The van der Waals surface area contributed by atoms with E-state index in [0.717, 1.165) is 22.3 Å². The lowest BCUT2D eigenvalue weighted by Crippen LogP contribution is -1.95. The lowest BCUT2D eigenvalue weighted by molar-refractivity contribution is 0.629. The van der Waals surface area contributed by atoms with Crippen LogP contribution >= 0.6 is 0 Å². The van der Waals surface area contributed by atoms with Crippen molar-refractivity contribution in [1.29, 1.82) is 0 Å². The third-order valence-electron chi connectivity index (χ3n) is 3.11. The summed E-state index contributed by atoms with van der Waals surface area (Å²) in [6, 6.07) is 9.98. The van der Waals surface area contributed by atoms with Gasteiger partial charge < -0.3 is 10.2 Å². The molecule has 0 spiro atoms. The molecule has 0 aliphatic rings. The average molecular weight is 238 g/mol. The summed E-state index contributed by atoms with van der Waals surface area (Å²) in [6.45, 7) is 4.03. The highest BCUT2D eigenvalue weighted by Gasteiger charge is 2.11. The zero-order valence-electron chi connectivity index (χ0n) is 10.4. The molecule has 0 aliphatic carbocycles. The van der Waals surface area contributed by atoms with Crippen LogP contribution < -0.4 is 5.73 Å². The fourth-order valence-electron chi connectivity index (χ4n) is 2.05. The van der Waals surface area contributed by atoms with Crippen molar-refractivity contribution in [1.82, 2.24) is 4.98 Å². The van der Waals surface area contributed by atoms with Crippen molar-refractivity contribution in [2.24, 2.45) is 0 Å². The van der Waals surface area contributed by atoms with Crippen molar-refractivity contribution in [3.63, 3.8) is 0 Å². The molecule has 0 saturated heterocycles. The number of nitrogens with two attached hydrogens (primary N) is 1. The number of anilines is 1. The lowest BCUT2D eigenvalue weighted by Gasteiger charge is -2.03. The van der Waals surface area contributed by atoms with Crippen LogP contribution in [-0.2, 0) is 0 Å². The molecule has 90 valence electrons. The van der Waals surface area contributed by atoms with Crippen LogP contribution in [0.5, 0.6) is 0 Å². The Balaban J connectivity index is 2.22. The van der Waals surface area contributed by atoms with Crippen LogP contribution in [0.25, 0.3) is 22.4 Å². The third kappa shape index (κ3) is 1.64. The molecule has 2 aromatic heterocycles. The molecule has 1 aromatic carbocycles. The Labute approximate surface area is 105 Å². The van der Waals surface area contributed by atoms with Gasteiger partial charge in [-0.25, -0.2) is 0 Å². The molecular formula is C15H14N2O. The predicted octanol–water partition coefficient (Wildman–Crippen LogP) is 3.69. The monoisotopic (exact) mass is 238 g/mol. The summed E-state index contributed by atoms with van der Waals surface area (Å²) >= 11 is 0. The van der Waals surface area contributed by atoms with Crippen LogP contribution in [0.4, 0.5) is 5.69 Å². The first-order valence-corrected chi connectivity index (χ1v) is 5.87. The number of aryl methyl sites for hydroxylation is 2. The Hall–Kier alpha value is -2.29. The van der Waals surface area contributed by atoms with Crippen LogP contribution in [0.1, 0.15) is 11.1 Å². The third-order valence-corrected chi connectivity index (χ3v) is 3.11. The van der Waals surface area contributed by atoms with Gasteiger partial charge in [0.1, 0.15) is 11.3 Å². The van der Waals surface area contributed by atoms with E-state index >= 15 is 0 Å². The van der Waals surface area contributed by atoms with Crippen molar-refractivity contribution >= 4 is 16.7 Å². The molecule has 0 unspecified atom stereocenters. The summed E-state index contributed by atoms with van der Waals surface area (Å²) in [4.78, 5) is 4.31. The minimum atomic E-state index is 0.674. The largest absolute Gasteiger partial charge is 0.454 e. The van der Waals surface area contributed by atoms with E-state index in [2.05, 4.69) is 18.0 Å². The summed E-state index contributed by atoms with van der Waals surface area (Å²) < 4.78 is 5.80. The summed E-state index contributed by atoms with van der Waals surface area (Å²) in [5.74, 6) is 0.719. The molecule has 3 aromatic rings. The van der Waals surface area contributed by atoms with Gasteiger partial charge >= 0.3 is 0 Å². The maximum atomic E-state index is 6.04. The molecule has 0 bridgehead atoms. The number of nitrogen functional groups attached to an aromatic ring is 1. The number of rotatable bonds is 1. The molecular weight excluding hydrogens is 224 g/mol. The highest BCUT2D eigenvalue weighted by atomic mass is 16.3. The van der Waals surface area contributed by atoms with E-state index in [9.17, 15) is 0 Å². The molecule has 0 radical (unpaired) electrons. The van der Waals surface area contributed by atoms with Crippen LogP contribution in [-0.4, -0.2) is 4.98 Å². The topological polar surface area (TPSA) is 52.0 Å². The first-order valence-electron chi connectivity index (χ1n) is 5.87. The maximum absolute atomic E-state index is 6.04. The number of nitrogens with zero attached hydrogens (tertiary/aromatic N) is 1. The van der Waals surface area contributed by atoms with Crippen molar-refractivity contribution in [2.75, 3.05) is 5.73 Å². The molecule has 0 amide bonds. The first kappa shape index (κ1) is 10.8. The van der Waals surface area contributed by atoms with E-state index in [1.807, 2.05) is 31.2 Å². The van der Waals surface area contributed by atoms with Gasteiger partial charge in [0.25, 0.3) is 0 Å². The number of aromatic nitrogens is 1. The van der Waals surface area contributed by atoms with Gasteiger partial charge in [0.15, 0.2) is 5.76 Å². The molecule has 3 nitrogen and oxygen atoms in total. The van der Waals surface area contributed by atoms with Gasteiger partial charge in [-0.05, 0) is 43.7 Å². The molecule has 3 rings (SSSR count). The lowest BCUT2D eigenvalue weighted by atomic mass is 10.1. The molecule has 0 fully saturated rings.